The van der Waals surface area contributed by atoms with Crippen molar-refractivity contribution in [2.24, 2.45) is 4.99 Å². The van der Waals surface area contributed by atoms with Gasteiger partial charge in [-0.2, -0.15) is 0 Å². The smallest absolute Gasteiger partial charge is 0.168 e. The fraction of sp³-hybridized carbons (Fsp3) is 0.267. The Labute approximate surface area is 125 Å². The van der Waals surface area contributed by atoms with E-state index in [-0.39, 0.29) is 6.61 Å². The number of rotatable bonds is 2. The number of thiophene rings is 1. The third-order valence-corrected chi connectivity index (χ3v) is 5.87. The second-order valence-corrected chi connectivity index (χ2v) is 6.96. The van der Waals surface area contributed by atoms with E-state index in [1.54, 1.807) is 23.1 Å². The molecule has 2 aromatic rings. The van der Waals surface area contributed by atoms with Gasteiger partial charge in [0.15, 0.2) is 5.17 Å². The normalized spacial score (nSPS) is 18.1. The number of hydrogen-bond acceptors (Lipinski definition) is 5. The molecule has 0 saturated carbocycles. The van der Waals surface area contributed by atoms with Crippen LogP contribution in [0.5, 0.6) is 0 Å². The van der Waals surface area contributed by atoms with E-state index in [4.69, 9.17) is 0 Å². The minimum Gasteiger partial charge on any atom is -0.391 e. The summed E-state index contributed by atoms with van der Waals surface area (Å²) in [6.07, 6.45) is 0. The lowest BCUT2D eigenvalue weighted by molar-refractivity contribution is 0.339. The first-order chi connectivity index (χ1) is 9.78. The highest BCUT2D eigenvalue weighted by Crippen LogP contribution is 2.42. The molecule has 0 radical (unpaired) electrons. The Morgan fingerprint density at radius 1 is 1.40 bits per heavy atom. The van der Waals surface area contributed by atoms with E-state index in [9.17, 15) is 5.11 Å². The maximum absolute atomic E-state index is 9.64. The predicted molar refractivity (Wildman–Crippen MR) is 87.2 cm³/mol. The first-order valence-electron chi connectivity index (χ1n) is 6.60. The number of amidine groups is 1. The van der Waals surface area contributed by atoms with Crippen molar-refractivity contribution in [3.8, 4) is 0 Å². The molecule has 0 atom stereocenters. The third kappa shape index (κ3) is 1.74. The molecular formula is C15H14N2OS2. The van der Waals surface area contributed by atoms with Crippen molar-refractivity contribution < 1.29 is 5.11 Å². The first-order valence-corrected chi connectivity index (χ1v) is 8.29. The Bertz CT molecular complexity index is 760. The van der Waals surface area contributed by atoms with Crippen molar-refractivity contribution in [2.75, 3.05) is 19.7 Å². The van der Waals surface area contributed by atoms with Gasteiger partial charge in [0.05, 0.1) is 18.8 Å². The van der Waals surface area contributed by atoms with Crippen molar-refractivity contribution in [3.63, 3.8) is 0 Å². The molecule has 3 heterocycles. The standard InChI is InChI=1S/C15H14N2OS2/c1-9-6-11(7-10-2-5-19-14(9)10)13-12(8-18)20-15-16-3-4-17(13)15/h2,5-7,18H,3-4,8H2,1H3. The number of aliphatic imine (C=N–C) groups is 1. The van der Waals surface area contributed by atoms with Gasteiger partial charge in [0.2, 0.25) is 0 Å². The number of aryl methyl sites for hydroxylation is 1. The zero-order chi connectivity index (χ0) is 13.7. The summed E-state index contributed by atoms with van der Waals surface area (Å²) >= 11 is 3.39. The largest absolute Gasteiger partial charge is 0.391 e. The van der Waals surface area contributed by atoms with Gasteiger partial charge in [0.1, 0.15) is 0 Å². The average Bonchev–Trinajstić information content (AvgIpc) is 3.12. The number of fused-ring (bicyclic) bond motifs is 2. The van der Waals surface area contributed by atoms with Gasteiger partial charge >= 0.3 is 0 Å². The van der Waals surface area contributed by atoms with Crippen LogP contribution in [0.1, 0.15) is 11.1 Å². The summed E-state index contributed by atoms with van der Waals surface area (Å²) < 4.78 is 1.35. The summed E-state index contributed by atoms with van der Waals surface area (Å²) in [5, 5.41) is 14.1. The summed E-state index contributed by atoms with van der Waals surface area (Å²) in [5.41, 5.74) is 3.63. The van der Waals surface area contributed by atoms with Crippen LogP contribution in [0.25, 0.3) is 15.8 Å². The second kappa shape index (κ2) is 4.62. The maximum Gasteiger partial charge on any atom is 0.168 e. The maximum atomic E-state index is 9.64. The molecule has 0 aliphatic carbocycles. The highest BCUT2D eigenvalue weighted by Gasteiger charge is 2.32. The van der Waals surface area contributed by atoms with Crippen molar-refractivity contribution in [1.29, 1.82) is 0 Å². The van der Waals surface area contributed by atoms with E-state index in [2.05, 4.69) is 40.4 Å². The van der Waals surface area contributed by atoms with Crippen molar-refractivity contribution >= 4 is 44.0 Å². The average molecular weight is 302 g/mol. The van der Waals surface area contributed by atoms with Crippen LogP contribution >= 0.6 is 23.1 Å². The second-order valence-electron chi connectivity index (χ2n) is 4.98. The van der Waals surface area contributed by atoms with Crippen LogP contribution in [-0.2, 0) is 0 Å². The van der Waals surface area contributed by atoms with Gasteiger partial charge in [-0.15, -0.1) is 11.3 Å². The molecule has 0 fully saturated rings. The highest BCUT2D eigenvalue weighted by molar-refractivity contribution is 8.17. The van der Waals surface area contributed by atoms with Crippen molar-refractivity contribution in [3.05, 3.63) is 39.6 Å². The molecule has 0 saturated heterocycles. The lowest BCUT2D eigenvalue weighted by Gasteiger charge is -2.18. The highest BCUT2D eigenvalue weighted by atomic mass is 32.2. The fourth-order valence-corrected chi connectivity index (χ4v) is 4.77. The lowest BCUT2D eigenvalue weighted by atomic mass is 10.0. The Hall–Kier alpha value is -1.30. The number of aliphatic hydroxyl groups excluding tert-OH is 1. The van der Waals surface area contributed by atoms with E-state index in [1.165, 1.54) is 21.2 Å². The zero-order valence-corrected chi connectivity index (χ0v) is 12.7. The number of benzene rings is 1. The van der Waals surface area contributed by atoms with E-state index >= 15 is 0 Å². The summed E-state index contributed by atoms with van der Waals surface area (Å²) in [6.45, 7) is 4.00. The fourth-order valence-electron chi connectivity index (χ4n) is 2.85. The lowest BCUT2D eigenvalue weighted by Crippen LogP contribution is -2.20. The van der Waals surface area contributed by atoms with E-state index in [1.807, 2.05) is 0 Å². The number of hydrogen-bond donors (Lipinski definition) is 1. The van der Waals surface area contributed by atoms with Crippen LogP contribution in [-0.4, -0.2) is 34.9 Å². The quantitative estimate of drug-likeness (QED) is 0.924. The molecule has 4 rings (SSSR count). The van der Waals surface area contributed by atoms with E-state index < -0.39 is 0 Å². The summed E-state index contributed by atoms with van der Waals surface area (Å²) in [4.78, 5) is 7.75. The van der Waals surface area contributed by atoms with Gasteiger partial charge in [0, 0.05) is 21.7 Å². The van der Waals surface area contributed by atoms with Gasteiger partial charge in [-0.1, -0.05) is 11.8 Å². The molecular weight excluding hydrogens is 288 g/mol. The van der Waals surface area contributed by atoms with Crippen LogP contribution in [0, 0.1) is 6.92 Å². The van der Waals surface area contributed by atoms with Crippen molar-refractivity contribution in [2.45, 2.75) is 6.92 Å². The molecule has 5 heteroatoms. The number of thioether (sulfide) groups is 1. The zero-order valence-electron chi connectivity index (χ0n) is 11.1. The minimum atomic E-state index is 0.0796. The van der Waals surface area contributed by atoms with Gasteiger partial charge < -0.3 is 10.0 Å². The van der Waals surface area contributed by atoms with E-state index in [0.29, 0.717) is 0 Å². The molecule has 3 nitrogen and oxygen atoms in total. The monoisotopic (exact) mass is 302 g/mol. The molecule has 0 spiro atoms. The summed E-state index contributed by atoms with van der Waals surface area (Å²) in [6, 6.07) is 6.62. The molecule has 0 bridgehead atoms. The molecule has 1 aromatic carbocycles. The number of nitrogens with zero attached hydrogens (tertiary/aromatic N) is 2. The Morgan fingerprint density at radius 3 is 3.15 bits per heavy atom. The topological polar surface area (TPSA) is 35.8 Å². The van der Waals surface area contributed by atoms with Gasteiger partial charge in [-0.05, 0) is 41.5 Å². The molecule has 102 valence electrons. The van der Waals surface area contributed by atoms with Gasteiger partial charge in [0.25, 0.3) is 0 Å². The van der Waals surface area contributed by atoms with Crippen LogP contribution in [0.15, 0.2) is 33.5 Å². The number of aliphatic hydroxyl groups is 1. The van der Waals surface area contributed by atoms with Gasteiger partial charge in [-0.25, -0.2) is 0 Å². The molecule has 20 heavy (non-hydrogen) atoms. The molecule has 0 unspecified atom stereocenters. The predicted octanol–water partition coefficient (Wildman–Crippen LogP) is 3.29. The molecule has 0 amide bonds. The SMILES string of the molecule is Cc1cc(C2=C(CO)SC3=NCCN32)cc2ccsc12. The van der Waals surface area contributed by atoms with Crippen LogP contribution in [0.4, 0.5) is 0 Å². The summed E-state index contributed by atoms with van der Waals surface area (Å²) in [7, 11) is 0. The van der Waals surface area contributed by atoms with Gasteiger partial charge in [-0.3, -0.25) is 4.99 Å². The Balaban J connectivity index is 1.90. The minimum absolute atomic E-state index is 0.0796. The molecule has 2 aliphatic rings. The Morgan fingerprint density at radius 2 is 2.30 bits per heavy atom. The third-order valence-electron chi connectivity index (χ3n) is 3.70. The molecule has 1 N–H and O–H groups in total. The van der Waals surface area contributed by atoms with E-state index in [0.717, 1.165) is 28.9 Å². The van der Waals surface area contributed by atoms with Crippen LogP contribution in [0.3, 0.4) is 0 Å². The molecule has 2 aliphatic heterocycles. The first kappa shape index (κ1) is 12.4. The summed E-state index contributed by atoms with van der Waals surface area (Å²) in [5.74, 6) is 0. The van der Waals surface area contributed by atoms with Crippen molar-refractivity contribution in [1.82, 2.24) is 4.90 Å². The molecule has 1 aromatic heterocycles. The van der Waals surface area contributed by atoms with Crippen LogP contribution < -0.4 is 0 Å². The van der Waals surface area contributed by atoms with Crippen LogP contribution in [0.2, 0.25) is 0 Å². The Kier molecular flexibility index (Phi) is 2.87.